The molecule has 1 amide bonds. The van der Waals surface area contributed by atoms with Crippen molar-refractivity contribution in [1.29, 1.82) is 0 Å². The third-order valence-corrected chi connectivity index (χ3v) is 5.99. The van der Waals surface area contributed by atoms with Crippen LogP contribution in [0, 0.1) is 0 Å². The standard InChI is InChI=1S/C17H17ClF3N3O3S/c1-23(2)28(26,27)24(3)13-7-4-11(5-8-13)16(25)22-12-6-9-15(18)14(10-12)17(19,20)21/h4-10H,1-3H3,(H,22,25). The lowest BCUT2D eigenvalue weighted by molar-refractivity contribution is -0.137. The van der Waals surface area contributed by atoms with Gasteiger partial charge in [-0.05, 0) is 42.5 Å². The number of amides is 1. The number of hydrogen-bond donors (Lipinski definition) is 1. The molecule has 0 saturated heterocycles. The van der Waals surface area contributed by atoms with Crippen molar-refractivity contribution in [3.63, 3.8) is 0 Å². The Bertz CT molecular complexity index is 977. The molecule has 0 aromatic heterocycles. The Morgan fingerprint density at radius 1 is 1.04 bits per heavy atom. The van der Waals surface area contributed by atoms with Crippen molar-refractivity contribution in [3.05, 3.63) is 58.6 Å². The molecule has 0 aliphatic heterocycles. The van der Waals surface area contributed by atoms with Crippen LogP contribution in [0.5, 0.6) is 0 Å². The van der Waals surface area contributed by atoms with Crippen molar-refractivity contribution in [2.45, 2.75) is 6.18 Å². The van der Waals surface area contributed by atoms with Crippen LogP contribution in [-0.2, 0) is 16.4 Å². The van der Waals surface area contributed by atoms with Gasteiger partial charge in [-0.2, -0.15) is 25.9 Å². The predicted octanol–water partition coefficient (Wildman–Crippen LogP) is 3.85. The third-order valence-electron chi connectivity index (χ3n) is 3.83. The van der Waals surface area contributed by atoms with Crippen LogP contribution in [0.25, 0.3) is 0 Å². The number of hydrogen-bond acceptors (Lipinski definition) is 3. The minimum atomic E-state index is -4.65. The number of alkyl halides is 3. The van der Waals surface area contributed by atoms with E-state index in [1.54, 1.807) is 0 Å². The first-order chi connectivity index (χ1) is 12.8. The van der Waals surface area contributed by atoms with E-state index in [0.29, 0.717) is 5.69 Å². The maximum absolute atomic E-state index is 12.9. The Morgan fingerprint density at radius 3 is 2.11 bits per heavy atom. The zero-order valence-electron chi connectivity index (χ0n) is 15.1. The van der Waals surface area contributed by atoms with E-state index in [0.717, 1.165) is 20.7 Å². The van der Waals surface area contributed by atoms with Gasteiger partial charge >= 0.3 is 16.4 Å². The van der Waals surface area contributed by atoms with E-state index in [2.05, 4.69) is 5.32 Å². The van der Waals surface area contributed by atoms with Crippen LogP contribution in [0.4, 0.5) is 24.5 Å². The molecule has 0 aliphatic carbocycles. The van der Waals surface area contributed by atoms with Crippen LogP contribution < -0.4 is 9.62 Å². The van der Waals surface area contributed by atoms with Gasteiger partial charge in [-0.25, -0.2) is 0 Å². The molecule has 28 heavy (non-hydrogen) atoms. The summed E-state index contributed by atoms with van der Waals surface area (Å²) in [6.07, 6.45) is -4.65. The number of anilines is 2. The maximum Gasteiger partial charge on any atom is 0.417 e. The molecule has 0 fully saturated rings. The fourth-order valence-electron chi connectivity index (χ4n) is 2.22. The van der Waals surface area contributed by atoms with E-state index in [4.69, 9.17) is 11.6 Å². The molecular formula is C17H17ClF3N3O3S. The summed E-state index contributed by atoms with van der Waals surface area (Å²) in [4.78, 5) is 12.3. The maximum atomic E-state index is 12.9. The summed E-state index contributed by atoms with van der Waals surface area (Å²) in [5, 5.41) is 1.89. The van der Waals surface area contributed by atoms with Gasteiger partial charge in [-0.1, -0.05) is 11.6 Å². The van der Waals surface area contributed by atoms with E-state index >= 15 is 0 Å². The van der Waals surface area contributed by atoms with Crippen molar-refractivity contribution in [2.24, 2.45) is 0 Å². The smallest absolute Gasteiger partial charge is 0.322 e. The highest BCUT2D eigenvalue weighted by Gasteiger charge is 2.33. The molecule has 0 aliphatic rings. The van der Waals surface area contributed by atoms with Crippen molar-refractivity contribution >= 4 is 39.1 Å². The van der Waals surface area contributed by atoms with E-state index in [-0.39, 0.29) is 11.3 Å². The first kappa shape index (κ1) is 22.0. The van der Waals surface area contributed by atoms with Crippen LogP contribution in [0.15, 0.2) is 42.5 Å². The third kappa shape index (κ3) is 4.75. The van der Waals surface area contributed by atoms with Gasteiger partial charge < -0.3 is 5.32 Å². The summed E-state index contributed by atoms with van der Waals surface area (Å²) < 4.78 is 65.0. The summed E-state index contributed by atoms with van der Waals surface area (Å²) in [5.41, 5.74) is -0.671. The molecule has 0 spiro atoms. The molecule has 0 saturated carbocycles. The number of halogens is 4. The summed E-state index contributed by atoms with van der Waals surface area (Å²) in [5.74, 6) is -0.653. The normalized spacial score (nSPS) is 12.1. The van der Waals surface area contributed by atoms with Crippen LogP contribution in [0.1, 0.15) is 15.9 Å². The Kier molecular flexibility index (Phi) is 6.27. The molecule has 0 unspecified atom stereocenters. The van der Waals surface area contributed by atoms with Gasteiger partial charge in [0.2, 0.25) is 0 Å². The van der Waals surface area contributed by atoms with E-state index in [1.165, 1.54) is 51.5 Å². The molecule has 11 heteroatoms. The van der Waals surface area contributed by atoms with Gasteiger partial charge in [0.15, 0.2) is 0 Å². The van der Waals surface area contributed by atoms with E-state index in [9.17, 15) is 26.4 Å². The van der Waals surface area contributed by atoms with Gasteiger partial charge in [-0.15, -0.1) is 0 Å². The number of nitrogens with one attached hydrogen (secondary N) is 1. The lowest BCUT2D eigenvalue weighted by Gasteiger charge is -2.23. The van der Waals surface area contributed by atoms with Gasteiger partial charge in [0.25, 0.3) is 5.91 Å². The summed E-state index contributed by atoms with van der Waals surface area (Å²) in [6, 6.07) is 8.61. The van der Waals surface area contributed by atoms with Crippen molar-refractivity contribution in [1.82, 2.24) is 4.31 Å². The minimum absolute atomic E-state index is 0.0712. The second kappa shape index (κ2) is 7.98. The quantitative estimate of drug-likeness (QED) is 0.775. The van der Waals surface area contributed by atoms with Gasteiger partial charge in [-0.3, -0.25) is 9.10 Å². The Labute approximate surface area is 165 Å². The highest BCUT2D eigenvalue weighted by molar-refractivity contribution is 7.90. The molecule has 0 radical (unpaired) electrons. The van der Waals surface area contributed by atoms with Crippen molar-refractivity contribution < 1.29 is 26.4 Å². The topological polar surface area (TPSA) is 69.7 Å². The first-order valence-corrected chi connectivity index (χ1v) is 9.56. The number of carbonyl (C=O) groups is 1. The molecule has 0 atom stereocenters. The zero-order chi connectivity index (χ0) is 21.3. The lowest BCUT2D eigenvalue weighted by Crippen LogP contribution is -2.37. The highest BCUT2D eigenvalue weighted by Crippen LogP contribution is 2.36. The SMILES string of the molecule is CN(C)S(=O)(=O)N(C)c1ccc(C(=O)Nc2ccc(Cl)c(C(F)(F)F)c2)cc1. The molecule has 152 valence electrons. The summed E-state index contributed by atoms with van der Waals surface area (Å²) >= 11 is 5.55. The zero-order valence-corrected chi connectivity index (χ0v) is 16.7. The summed E-state index contributed by atoms with van der Waals surface area (Å²) in [6.45, 7) is 0. The summed E-state index contributed by atoms with van der Waals surface area (Å²) in [7, 11) is 0.438. The molecule has 2 aromatic carbocycles. The largest absolute Gasteiger partial charge is 0.417 e. The van der Waals surface area contributed by atoms with E-state index < -0.39 is 32.9 Å². The number of benzene rings is 2. The fraction of sp³-hybridized carbons (Fsp3) is 0.235. The van der Waals surface area contributed by atoms with Gasteiger partial charge in [0.1, 0.15) is 0 Å². The predicted molar refractivity (Wildman–Crippen MR) is 102 cm³/mol. The van der Waals surface area contributed by atoms with Crippen molar-refractivity contribution in [2.75, 3.05) is 30.8 Å². The van der Waals surface area contributed by atoms with Crippen LogP contribution in [0.2, 0.25) is 5.02 Å². The lowest BCUT2D eigenvalue weighted by atomic mass is 10.1. The first-order valence-electron chi connectivity index (χ1n) is 7.78. The second-order valence-electron chi connectivity index (χ2n) is 5.95. The molecule has 2 rings (SSSR count). The highest BCUT2D eigenvalue weighted by atomic mass is 35.5. The Hall–Kier alpha value is -2.30. The van der Waals surface area contributed by atoms with Gasteiger partial charge in [0.05, 0.1) is 16.3 Å². The average Bonchev–Trinajstić information content (AvgIpc) is 2.61. The van der Waals surface area contributed by atoms with Crippen LogP contribution in [-0.4, -0.2) is 39.8 Å². The monoisotopic (exact) mass is 435 g/mol. The number of nitrogens with zero attached hydrogens (tertiary/aromatic N) is 2. The molecule has 0 heterocycles. The van der Waals surface area contributed by atoms with E-state index in [1.807, 2.05) is 0 Å². The molecular weight excluding hydrogens is 419 g/mol. The van der Waals surface area contributed by atoms with Crippen LogP contribution >= 0.6 is 11.6 Å². The Morgan fingerprint density at radius 2 is 1.61 bits per heavy atom. The average molecular weight is 436 g/mol. The second-order valence-corrected chi connectivity index (χ2v) is 8.53. The Balaban J connectivity index is 2.21. The fourth-order valence-corrected chi connectivity index (χ4v) is 3.33. The number of rotatable bonds is 5. The van der Waals surface area contributed by atoms with Crippen LogP contribution in [0.3, 0.4) is 0 Å². The molecule has 6 nitrogen and oxygen atoms in total. The molecule has 1 N–H and O–H groups in total. The number of carbonyl (C=O) groups excluding carboxylic acids is 1. The molecule has 2 aromatic rings. The van der Waals surface area contributed by atoms with Crippen molar-refractivity contribution in [3.8, 4) is 0 Å². The minimum Gasteiger partial charge on any atom is -0.322 e. The van der Waals surface area contributed by atoms with Gasteiger partial charge in [0, 0.05) is 32.4 Å². The molecule has 0 bridgehead atoms.